The Balaban J connectivity index is 1.40. The fraction of sp³-hybridized carbons (Fsp3) is 0. The van der Waals surface area contributed by atoms with Crippen LogP contribution in [0.5, 0.6) is 0 Å². The highest BCUT2D eigenvalue weighted by atomic mass is 15.3. The predicted octanol–water partition coefficient (Wildman–Crippen LogP) is 8.02. The van der Waals surface area contributed by atoms with E-state index >= 15 is 0 Å². The van der Waals surface area contributed by atoms with Crippen LogP contribution in [0.15, 0.2) is 150 Å². The van der Waals surface area contributed by atoms with Gasteiger partial charge in [-0.1, -0.05) is 109 Å². The lowest BCUT2D eigenvalue weighted by molar-refractivity contribution is 0.879. The van der Waals surface area contributed by atoms with Crippen molar-refractivity contribution in [1.29, 1.82) is 0 Å². The highest BCUT2D eigenvalue weighted by molar-refractivity contribution is 6.05. The zero-order chi connectivity index (χ0) is 29.0. The van der Waals surface area contributed by atoms with E-state index in [1.54, 1.807) is 0 Å². The molecule has 0 N–H and O–H groups in total. The second kappa shape index (κ2) is 9.75. The third-order valence-corrected chi connectivity index (χ3v) is 8.45. The summed E-state index contributed by atoms with van der Waals surface area (Å²) in [5.41, 5.74) is 11.6. The van der Waals surface area contributed by atoms with Crippen molar-refractivity contribution in [3.63, 3.8) is 0 Å². The first kappa shape index (κ1) is 24.5. The Bertz CT molecular complexity index is 2480. The van der Waals surface area contributed by atoms with Gasteiger partial charge in [-0.15, -0.1) is 10.2 Å². The Hall–Kier alpha value is -6.07. The van der Waals surface area contributed by atoms with Gasteiger partial charge in [0.05, 0.1) is 22.1 Å². The van der Waals surface area contributed by atoms with Gasteiger partial charge in [0.25, 0.3) is 0 Å². The van der Waals surface area contributed by atoms with Gasteiger partial charge in [-0.2, -0.15) is 0 Å². The first-order valence-corrected chi connectivity index (χ1v) is 14.6. The maximum absolute atomic E-state index is 5.14. The molecule has 9 rings (SSSR count). The van der Waals surface area contributed by atoms with Crippen LogP contribution in [0.1, 0.15) is 0 Å². The van der Waals surface area contributed by atoms with E-state index in [9.17, 15) is 0 Å². The molecule has 0 saturated carbocycles. The summed E-state index contributed by atoms with van der Waals surface area (Å²) in [7, 11) is 0. The Labute approximate surface area is 252 Å². The van der Waals surface area contributed by atoms with Gasteiger partial charge in [0.2, 0.25) is 0 Å². The van der Waals surface area contributed by atoms with Gasteiger partial charge in [0, 0.05) is 43.8 Å². The van der Waals surface area contributed by atoms with E-state index in [0.29, 0.717) is 0 Å². The fourth-order valence-corrected chi connectivity index (χ4v) is 6.53. The van der Waals surface area contributed by atoms with Crippen LogP contribution in [0.3, 0.4) is 0 Å². The lowest BCUT2D eigenvalue weighted by atomic mass is 9.85. The van der Waals surface area contributed by atoms with Crippen molar-refractivity contribution >= 4 is 11.4 Å². The molecule has 0 saturated heterocycles. The monoisotopic (exact) mass is 561 g/mol. The molecule has 1 aromatic heterocycles. The molecule has 0 radical (unpaired) electrons. The Morgan fingerprint density at radius 2 is 1.00 bits per heavy atom. The average Bonchev–Trinajstić information content (AvgIpc) is 3.67. The molecule has 0 atom stereocenters. The van der Waals surface area contributed by atoms with Crippen molar-refractivity contribution in [3.8, 4) is 55.9 Å². The third-order valence-electron chi connectivity index (χ3n) is 8.45. The van der Waals surface area contributed by atoms with E-state index in [4.69, 9.17) is 15.1 Å². The van der Waals surface area contributed by atoms with E-state index in [1.807, 2.05) is 48.5 Å². The van der Waals surface area contributed by atoms with Gasteiger partial charge in [0.1, 0.15) is 11.4 Å². The van der Waals surface area contributed by atoms with E-state index in [1.165, 1.54) is 0 Å². The number of para-hydroxylation sites is 1. The molecule has 0 spiro atoms. The van der Waals surface area contributed by atoms with Crippen molar-refractivity contribution in [3.05, 3.63) is 161 Å². The molecule has 6 aromatic carbocycles. The minimum absolute atomic E-state index is 0.771. The summed E-state index contributed by atoms with van der Waals surface area (Å²) in [5.74, 6) is 0. The van der Waals surface area contributed by atoms with Crippen molar-refractivity contribution in [2.24, 2.45) is 9.98 Å². The normalized spacial score (nSPS) is 12.0. The molecule has 2 aliphatic heterocycles. The third kappa shape index (κ3) is 3.69. The molecule has 5 heteroatoms. The van der Waals surface area contributed by atoms with E-state index in [0.717, 1.165) is 88.4 Å². The fourth-order valence-electron chi connectivity index (χ4n) is 6.53. The second-order valence-corrected chi connectivity index (χ2v) is 10.9. The summed E-state index contributed by atoms with van der Waals surface area (Å²) < 4.78 is 0. The predicted molar refractivity (Wildman–Crippen MR) is 173 cm³/mol. The smallest absolute Gasteiger partial charge is 0.105 e. The van der Waals surface area contributed by atoms with Crippen LogP contribution in [0.2, 0.25) is 0 Å². The molecular weight excluding hydrogens is 538 g/mol. The molecule has 44 heavy (non-hydrogen) atoms. The zero-order valence-corrected chi connectivity index (χ0v) is 23.5. The summed E-state index contributed by atoms with van der Waals surface area (Å²) in [6.45, 7) is 0. The molecule has 0 unspecified atom stereocenters. The van der Waals surface area contributed by atoms with Crippen LogP contribution >= 0.6 is 0 Å². The molecule has 3 heterocycles. The summed E-state index contributed by atoms with van der Waals surface area (Å²) in [6.07, 6.45) is 0. The summed E-state index contributed by atoms with van der Waals surface area (Å²) in [6, 6.07) is 47.9. The standard InChI is InChI=1S/C39H23N5/c1-4-12-24(13-5-1)33-29(39-34(25-14-6-2-7-15-25)37(42-44-43-39)26-16-8-3-9-17-26)21-23-31-35(33)36-32(40-31)22-20-28-27-18-10-11-19-30(27)41-38(28)36/h1-23H. The number of fused-ring (bicyclic) bond motifs is 6. The minimum Gasteiger partial charge on any atom is -0.248 e. The molecule has 5 nitrogen and oxygen atoms in total. The van der Waals surface area contributed by atoms with Crippen LogP contribution in [-0.2, 0) is 0 Å². The van der Waals surface area contributed by atoms with Gasteiger partial charge in [0.15, 0.2) is 0 Å². The quantitative estimate of drug-likeness (QED) is 0.219. The molecule has 7 aromatic rings. The first-order chi connectivity index (χ1) is 21.8. The van der Waals surface area contributed by atoms with E-state index in [-0.39, 0.29) is 0 Å². The zero-order valence-electron chi connectivity index (χ0n) is 23.5. The lowest BCUT2D eigenvalue weighted by Crippen LogP contribution is -2.03. The number of benzene rings is 6. The van der Waals surface area contributed by atoms with Crippen molar-refractivity contribution in [2.45, 2.75) is 0 Å². The lowest BCUT2D eigenvalue weighted by Gasteiger charge is -2.19. The number of rotatable bonds is 4. The van der Waals surface area contributed by atoms with Crippen molar-refractivity contribution in [1.82, 2.24) is 15.4 Å². The maximum Gasteiger partial charge on any atom is 0.105 e. The second-order valence-electron chi connectivity index (χ2n) is 10.9. The average molecular weight is 562 g/mol. The van der Waals surface area contributed by atoms with E-state index < -0.39 is 0 Å². The molecule has 204 valence electrons. The largest absolute Gasteiger partial charge is 0.248 e. The van der Waals surface area contributed by atoms with Gasteiger partial charge in [-0.3, -0.25) is 0 Å². The highest BCUT2D eigenvalue weighted by Crippen LogP contribution is 2.50. The summed E-state index contributed by atoms with van der Waals surface area (Å²) >= 11 is 0. The number of hydrogen-bond acceptors (Lipinski definition) is 5. The van der Waals surface area contributed by atoms with E-state index in [2.05, 4.69) is 101 Å². The van der Waals surface area contributed by atoms with Crippen molar-refractivity contribution in [2.75, 3.05) is 0 Å². The molecule has 0 fully saturated rings. The van der Waals surface area contributed by atoms with Gasteiger partial charge in [-0.25, -0.2) is 9.98 Å². The van der Waals surface area contributed by atoms with Crippen LogP contribution in [0.4, 0.5) is 11.4 Å². The molecule has 2 aliphatic rings. The van der Waals surface area contributed by atoms with Crippen molar-refractivity contribution < 1.29 is 0 Å². The summed E-state index contributed by atoms with van der Waals surface area (Å²) in [4.78, 5) is 10.3. The molecule has 0 aliphatic carbocycles. The van der Waals surface area contributed by atoms with Gasteiger partial charge in [-0.05, 0) is 46.7 Å². The topological polar surface area (TPSA) is 63.4 Å². The van der Waals surface area contributed by atoms with Gasteiger partial charge < -0.3 is 0 Å². The molecular formula is C39H23N5. The summed E-state index contributed by atoms with van der Waals surface area (Å²) in [5, 5.41) is 17.9. The number of hydrogen-bond donors (Lipinski definition) is 0. The Morgan fingerprint density at radius 1 is 0.364 bits per heavy atom. The maximum atomic E-state index is 5.14. The van der Waals surface area contributed by atoms with Crippen LogP contribution in [0.25, 0.3) is 55.9 Å². The van der Waals surface area contributed by atoms with Crippen LogP contribution in [0, 0.1) is 10.4 Å². The first-order valence-electron chi connectivity index (χ1n) is 14.6. The Kier molecular flexibility index (Phi) is 5.43. The van der Waals surface area contributed by atoms with Crippen LogP contribution in [-0.4, -0.2) is 15.4 Å². The Morgan fingerprint density at radius 3 is 1.75 bits per heavy atom. The number of nitrogens with zero attached hydrogens (tertiary/aromatic N) is 5. The highest BCUT2D eigenvalue weighted by Gasteiger charge is 2.28. The minimum atomic E-state index is 0.771. The molecule has 0 amide bonds. The number of aromatic nitrogens is 3. The molecule has 0 bridgehead atoms. The SMILES string of the molecule is c1ccc(-c2nnnc(-c3ccc4c(c3-c3ccccc3)-c3c5c(ccc3=N4)=c3ccccc3=N5)c2-c2ccccc2)cc1. The van der Waals surface area contributed by atoms with Crippen LogP contribution < -0.4 is 10.7 Å². The van der Waals surface area contributed by atoms with Gasteiger partial charge >= 0.3 is 0 Å².